The van der Waals surface area contributed by atoms with E-state index >= 15 is 0 Å². The Morgan fingerprint density at radius 2 is 1.97 bits per heavy atom. The molecule has 7 nitrogen and oxygen atoms in total. The van der Waals surface area contributed by atoms with Gasteiger partial charge in [0.05, 0.1) is 22.8 Å². The van der Waals surface area contributed by atoms with Crippen molar-refractivity contribution in [2.45, 2.75) is 77.6 Å². The van der Waals surface area contributed by atoms with Crippen molar-refractivity contribution in [2.24, 2.45) is 5.73 Å². The maximum atomic E-state index is 12.6. The highest BCUT2D eigenvalue weighted by atomic mass is 16.5. The van der Waals surface area contributed by atoms with Crippen LogP contribution < -0.4 is 5.73 Å². The Labute approximate surface area is 183 Å². The Morgan fingerprint density at radius 3 is 2.65 bits per heavy atom. The fourth-order valence-corrected chi connectivity index (χ4v) is 5.30. The quantitative estimate of drug-likeness (QED) is 0.601. The van der Waals surface area contributed by atoms with Crippen molar-refractivity contribution >= 4 is 28.0 Å². The second-order valence-electron chi connectivity index (χ2n) is 8.85. The van der Waals surface area contributed by atoms with Crippen molar-refractivity contribution in [1.29, 1.82) is 0 Å². The normalized spacial score (nSPS) is 16.3. The number of ether oxygens (including phenoxy) is 1. The van der Waals surface area contributed by atoms with E-state index in [1.54, 1.807) is 0 Å². The van der Waals surface area contributed by atoms with Gasteiger partial charge in [-0.05, 0) is 39.7 Å². The summed E-state index contributed by atoms with van der Waals surface area (Å²) in [4.78, 5) is 24.0. The minimum atomic E-state index is -0.348. The molecule has 2 amide bonds. The van der Waals surface area contributed by atoms with Gasteiger partial charge in [-0.1, -0.05) is 37.5 Å². The van der Waals surface area contributed by atoms with E-state index in [0.29, 0.717) is 19.8 Å². The molecule has 3 aromatic rings. The van der Waals surface area contributed by atoms with Gasteiger partial charge in [-0.15, -0.1) is 0 Å². The molecular formula is C24H33N5O2. The molecule has 0 saturated heterocycles. The van der Waals surface area contributed by atoms with Gasteiger partial charge in [0.2, 0.25) is 0 Å². The minimum absolute atomic E-state index is 0.0270. The maximum Gasteiger partial charge on any atom is 0.315 e. The third-order valence-corrected chi connectivity index (χ3v) is 6.50. The molecular weight excluding hydrogens is 390 g/mol. The van der Waals surface area contributed by atoms with Crippen LogP contribution in [-0.2, 0) is 17.9 Å². The summed E-state index contributed by atoms with van der Waals surface area (Å²) in [6, 6.07) is 7.82. The molecule has 1 fully saturated rings. The zero-order valence-electron chi connectivity index (χ0n) is 18.8. The third kappa shape index (κ3) is 3.99. The summed E-state index contributed by atoms with van der Waals surface area (Å²) in [5.74, 6) is 0.869. The number of pyridine rings is 1. The predicted octanol–water partition coefficient (Wildman–Crippen LogP) is 4.61. The molecule has 4 rings (SSSR count). The topological polar surface area (TPSA) is 86.3 Å². The van der Waals surface area contributed by atoms with E-state index in [0.717, 1.165) is 53.4 Å². The molecule has 2 N–H and O–H groups in total. The molecule has 0 unspecified atom stereocenters. The van der Waals surface area contributed by atoms with Crippen LogP contribution in [0.4, 0.5) is 4.79 Å². The molecule has 0 atom stereocenters. The number of carbonyl (C=O) groups excluding carboxylic acids is 1. The summed E-state index contributed by atoms with van der Waals surface area (Å²) in [6.45, 7) is 7.78. The summed E-state index contributed by atoms with van der Waals surface area (Å²) in [5, 5.41) is 1.07. The second-order valence-corrected chi connectivity index (χ2v) is 8.85. The molecule has 31 heavy (non-hydrogen) atoms. The molecule has 166 valence electrons. The smallest absolute Gasteiger partial charge is 0.315 e. The summed E-state index contributed by atoms with van der Waals surface area (Å²) < 4.78 is 8.03. The highest BCUT2D eigenvalue weighted by Gasteiger charge is 2.42. The number of amides is 2. The van der Waals surface area contributed by atoms with Gasteiger partial charge in [0.15, 0.2) is 0 Å². The Hall–Kier alpha value is -2.67. The van der Waals surface area contributed by atoms with Crippen molar-refractivity contribution in [1.82, 2.24) is 19.4 Å². The molecule has 1 aromatic carbocycles. The SMILES string of the molecule is CCOCc1nc2cnc3ccccc3c2n1CC1(N(C(N)=O)C(C)C)CCCCC1. The van der Waals surface area contributed by atoms with Crippen molar-refractivity contribution in [3.8, 4) is 0 Å². The Bertz CT molecular complexity index is 1070. The lowest BCUT2D eigenvalue weighted by Crippen LogP contribution is -2.59. The zero-order valence-corrected chi connectivity index (χ0v) is 18.8. The van der Waals surface area contributed by atoms with Gasteiger partial charge < -0.3 is 19.9 Å². The number of aromatic nitrogens is 3. The number of fused-ring (bicyclic) bond motifs is 3. The van der Waals surface area contributed by atoms with Crippen LogP contribution in [0.2, 0.25) is 0 Å². The number of rotatable bonds is 7. The number of carbonyl (C=O) groups is 1. The largest absolute Gasteiger partial charge is 0.374 e. The Balaban J connectivity index is 1.91. The fourth-order valence-electron chi connectivity index (χ4n) is 5.30. The van der Waals surface area contributed by atoms with Crippen molar-refractivity contribution in [3.63, 3.8) is 0 Å². The molecule has 1 aliphatic rings. The maximum absolute atomic E-state index is 12.6. The van der Waals surface area contributed by atoms with E-state index < -0.39 is 0 Å². The molecule has 1 saturated carbocycles. The number of hydrogen-bond donors (Lipinski definition) is 1. The van der Waals surface area contributed by atoms with Crippen LogP contribution in [0.15, 0.2) is 30.5 Å². The molecule has 7 heteroatoms. The van der Waals surface area contributed by atoms with E-state index in [4.69, 9.17) is 15.5 Å². The van der Waals surface area contributed by atoms with Gasteiger partial charge in [0.1, 0.15) is 17.9 Å². The summed E-state index contributed by atoms with van der Waals surface area (Å²) >= 11 is 0. The number of primary amides is 1. The standard InChI is InChI=1S/C24H33N5O2/c1-4-31-15-21-27-20-14-26-19-11-7-6-10-18(19)22(20)28(21)16-24(12-8-5-9-13-24)29(17(2)3)23(25)30/h6-7,10-11,14,17H,4-5,8-9,12-13,15-16H2,1-3H3,(H2,25,30). The molecule has 0 aliphatic heterocycles. The average Bonchev–Trinajstić information content (AvgIpc) is 3.09. The highest BCUT2D eigenvalue weighted by molar-refractivity contribution is 6.02. The predicted molar refractivity (Wildman–Crippen MR) is 123 cm³/mol. The molecule has 0 bridgehead atoms. The highest BCUT2D eigenvalue weighted by Crippen LogP contribution is 2.38. The van der Waals surface area contributed by atoms with Crippen LogP contribution in [0.25, 0.3) is 21.9 Å². The number of urea groups is 1. The average molecular weight is 424 g/mol. The number of para-hydroxylation sites is 1. The zero-order chi connectivity index (χ0) is 22.0. The fraction of sp³-hybridized carbons (Fsp3) is 0.542. The number of nitrogens with zero attached hydrogens (tertiary/aromatic N) is 4. The van der Waals surface area contributed by atoms with Crippen molar-refractivity contribution in [2.75, 3.05) is 6.61 Å². The first-order valence-electron chi connectivity index (χ1n) is 11.4. The van der Waals surface area contributed by atoms with E-state index in [1.165, 1.54) is 6.42 Å². The molecule has 2 aromatic heterocycles. The lowest BCUT2D eigenvalue weighted by Gasteiger charge is -2.48. The van der Waals surface area contributed by atoms with Crippen LogP contribution in [-0.4, -0.2) is 43.7 Å². The van der Waals surface area contributed by atoms with Crippen LogP contribution >= 0.6 is 0 Å². The van der Waals surface area contributed by atoms with Gasteiger partial charge in [0, 0.05) is 24.6 Å². The monoisotopic (exact) mass is 423 g/mol. The number of hydrogen-bond acceptors (Lipinski definition) is 4. The minimum Gasteiger partial charge on any atom is -0.374 e. The third-order valence-electron chi connectivity index (χ3n) is 6.50. The first kappa shape index (κ1) is 21.6. The molecule has 1 aliphatic carbocycles. The van der Waals surface area contributed by atoms with Crippen LogP contribution in [0.5, 0.6) is 0 Å². The van der Waals surface area contributed by atoms with Crippen LogP contribution in [0.1, 0.15) is 58.7 Å². The summed E-state index contributed by atoms with van der Waals surface area (Å²) in [7, 11) is 0. The first-order valence-corrected chi connectivity index (χ1v) is 11.4. The summed E-state index contributed by atoms with van der Waals surface area (Å²) in [6.07, 6.45) is 7.08. The Kier molecular flexibility index (Phi) is 6.14. The molecule has 2 heterocycles. The van der Waals surface area contributed by atoms with Gasteiger partial charge in [-0.3, -0.25) is 4.98 Å². The Morgan fingerprint density at radius 1 is 1.23 bits per heavy atom. The number of imidazole rings is 1. The van der Waals surface area contributed by atoms with Crippen molar-refractivity contribution < 1.29 is 9.53 Å². The first-order chi connectivity index (χ1) is 15.0. The van der Waals surface area contributed by atoms with Crippen molar-refractivity contribution in [3.05, 3.63) is 36.3 Å². The molecule has 0 spiro atoms. The van der Waals surface area contributed by atoms with Gasteiger partial charge in [-0.2, -0.15) is 0 Å². The number of benzene rings is 1. The van der Waals surface area contributed by atoms with E-state index in [1.807, 2.05) is 50.1 Å². The van der Waals surface area contributed by atoms with E-state index in [-0.39, 0.29) is 17.6 Å². The van der Waals surface area contributed by atoms with Gasteiger partial charge in [0.25, 0.3) is 0 Å². The van der Waals surface area contributed by atoms with Gasteiger partial charge >= 0.3 is 6.03 Å². The summed E-state index contributed by atoms with van der Waals surface area (Å²) in [5.41, 5.74) is 8.44. The van der Waals surface area contributed by atoms with E-state index in [2.05, 4.69) is 15.6 Å². The molecule has 0 radical (unpaired) electrons. The van der Waals surface area contributed by atoms with E-state index in [9.17, 15) is 4.79 Å². The lowest BCUT2D eigenvalue weighted by molar-refractivity contribution is 0.0441. The van der Waals surface area contributed by atoms with Crippen LogP contribution in [0, 0.1) is 0 Å². The lowest BCUT2D eigenvalue weighted by atomic mass is 9.79. The number of nitrogens with two attached hydrogens (primary N) is 1. The van der Waals surface area contributed by atoms with Crippen LogP contribution in [0.3, 0.4) is 0 Å². The van der Waals surface area contributed by atoms with Gasteiger partial charge in [-0.25, -0.2) is 9.78 Å². The second kappa shape index (κ2) is 8.83.